The van der Waals surface area contributed by atoms with Crippen LogP contribution in [-0.2, 0) is 4.74 Å². The second-order valence-corrected chi connectivity index (χ2v) is 8.60. The standard InChI is InChI=1S/C23H24F3N5O/c1-12(17-4-3-5-18(20(17)24)22(25)26)28-23-19-6-16(7-27-21(19)13(2)29-30-23)31-8-14-10-32-11-15(14)9-31/h3-7,12,14-15,22H,8-11H2,1-2H3,(H,28,30)/t12?,14-,15+. The minimum Gasteiger partial charge on any atom is -0.381 e. The topological polar surface area (TPSA) is 63.2 Å². The predicted octanol–water partition coefficient (Wildman–Crippen LogP) is 4.67. The number of hydrogen-bond acceptors (Lipinski definition) is 6. The van der Waals surface area contributed by atoms with Crippen molar-refractivity contribution in [1.29, 1.82) is 0 Å². The molecule has 4 heterocycles. The molecule has 3 aromatic rings. The van der Waals surface area contributed by atoms with E-state index in [-0.39, 0.29) is 5.56 Å². The molecule has 168 valence electrons. The Morgan fingerprint density at radius 1 is 1.12 bits per heavy atom. The second kappa shape index (κ2) is 8.20. The lowest BCUT2D eigenvalue weighted by molar-refractivity contribution is 0.146. The minimum atomic E-state index is -2.88. The zero-order valence-corrected chi connectivity index (χ0v) is 17.9. The summed E-state index contributed by atoms with van der Waals surface area (Å²) in [7, 11) is 0. The number of alkyl halides is 2. The largest absolute Gasteiger partial charge is 0.381 e. The van der Waals surface area contributed by atoms with Gasteiger partial charge in [0.25, 0.3) is 6.43 Å². The van der Waals surface area contributed by atoms with Crippen molar-refractivity contribution in [2.45, 2.75) is 26.3 Å². The molecule has 0 bridgehead atoms. The van der Waals surface area contributed by atoms with Crippen LogP contribution in [0.1, 0.15) is 36.2 Å². The van der Waals surface area contributed by atoms with Gasteiger partial charge in [-0.05, 0) is 19.9 Å². The fourth-order valence-corrected chi connectivity index (χ4v) is 4.68. The Balaban J connectivity index is 1.47. The van der Waals surface area contributed by atoms with Crippen molar-refractivity contribution in [3.05, 3.63) is 53.1 Å². The molecule has 0 amide bonds. The summed E-state index contributed by atoms with van der Waals surface area (Å²) in [5.74, 6) is 0.602. The maximum atomic E-state index is 14.7. The fourth-order valence-electron chi connectivity index (χ4n) is 4.68. The van der Waals surface area contributed by atoms with Crippen LogP contribution < -0.4 is 10.2 Å². The number of rotatable bonds is 5. The predicted molar refractivity (Wildman–Crippen MR) is 115 cm³/mol. The summed E-state index contributed by atoms with van der Waals surface area (Å²) >= 11 is 0. The van der Waals surface area contributed by atoms with Crippen LogP contribution in [0.3, 0.4) is 0 Å². The molecular weight excluding hydrogens is 419 g/mol. The van der Waals surface area contributed by atoms with Crippen LogP contribution in [0, 0.1) is 24.6 Å². The van der Waals surface area contributed by atoms with Gasteiger partial charge in [0.2, 0.25) is 0 Å². The molecule has 9 heteroatoms. The average Bonchev–Trinajstić information content (AvgIpc) is 3.38. The number of pyridine rings is 1. The van der Waals surface area contributed by atoms with Crippen LogP contribution in [0.4, 0.5) is 24.7 Å². The lowest BCUT2D eigenvalue weighted by Gasteiger charge is -2.21. The highest BCUT2D eigenvalue weighted by Gasteiger charge is 2.37. The van der Waals surface area contributed by atoms with E-state index in [2.05, 4.69) is 25.4 Å². The van der Waals surface area contributed by atoms with Crippen molar-refractivity contribution >= 4 is 22.4 Å². The molecule has 5 rings (SSSR count). The number of aromatic nitrogens is 3. The maximum Gasteiger partial charge on any atom is 0.266 e. The van der Waals surface area contributed by atoms with Gasteiger partial charge in [0.1, 0.15) is 5.82 Å². The van der Waals surface area contributed by atoms with Crippen molar-refractivity contribution in [1.82, 2.24) is 15.2 Å². The Bertz CT molecular complexity index is 1150. The van der Waals surface area contributed by atoms with Gasteiger partial charge in [0.05, 0.1) is 47.9 Å². The lowest BCUT2D eigenvalue weighted by atomic mass is 10.0. The third-order valence-electron chi connectivity index (χ3n) is 6.49. The highest BCUT2D eigenvalue weighted by molar-refractivity contribution is 5.92. The van der Waals surface area contributed by atoms with Crippen LogP contribution in [-0.4, -0.2) is 41.5 Å². The number of nitrogens with one attached hydrogen (secondary N) is 1. The molecule has 0 saturated carbocycles. The molecule has 6 nitrogen and oxygen atoms in total. The second-order valence-electron chi connectivity index (χ2n) is 8.60. The molecule has 3 atom stereocenters. The molecule has 1 N–H and O–H groups in total. The molecular formula is C23H24F3N5O. The number of benzene rings is 1. The van der Waals surface area contributed by atoms with Crippen LogP contribution in [0.15, 0.2) is 30.5 Å². The summed E-state index contributed by atoms with van der Waals surface area (Å²) in [6.07, 6.45) is -1.03. The Morgan fingerprint density at radius 3 is 2.56 bits per heavy atom. The van der Waals surface area contributed by atoms with E-state index in [4.69, 9.17) is 4.74 Å². The number of anilines is 2. The van der Waals surface area contributed by atoms with Crippen LogP contribution in [0.25, 0.3) is 10.9 Å². The van der Waals surface area contributed by atoms with Crippen molar-refractivity contribution in [2.75, 3.05) is 36.5 Å². The molecule has 2 aliphatic rings. The van der Waals surface area contributed by atoms with E-state index in [1.807, 2.05) is 19.2 Å². The highest BCUT2D eigenvalue weighted by atomic mass is 19.3. The first kappa shape index (κ1) is 20.9. The normalized spacial score (nSPS) is 21.4. The van der Waals surface area contributed by atoms with Crippen molar-refractivity contribution < 1.29 is 17.9 Å². The highest BCUT2D eigenvalue weighted by Crippen LogP contribution is 2.35. The Hall–Kier alpha value is -2.94. The molecule has 1 aromatic carbocycles. The number of nitrogens with zero attached hydrogens (tertiary/aromatic N) is 4. The summed E-state index contributed by atoms with van der Waals surface area (Å²) in [5.41, 5.74) is 1.91. The van der Waals surface area contributed by atoms with E-state index in [0.717, 1.165) is 43.4 Å². The summed E-state index contributed by atoms with van der Waals surface area (Å²) in [4.78, 5) is 6.93. The number of aryl methyl sites for hydroxylation is 1. The van der Waals surface area contributed by atoms with Crippen molar-refractivity contribution in [2.24, 2.45) is 11.8 Å². The van der Waals surface area contributed by atoms with Gasteiger partial charge in [-0.1, -0.05) is 18.2 Å². The maximum absolute atomic E-state index is 14.7. The Morgan fingerprint density at radius 2 is 1.84 bits per heavy atom. The summed E-state index contributed by atoms with van der Waals surface area (Å²) in [5, 5.41) is 12.4. The Kier molecular flexibility index (Phi) is 5.36. The molecule has 1 unspecified atom stereocenters. The quantitative estimate of drug-likeness (QED) is 0.619. The van der Waals surface area contributed by atoms with Gasteiger partial charge in [0, 0.05) is 35.9 Å². The first-order valence-corrected chi connectivity index (χ1v) is 10.7. The van der Waals surface area contributed by atoms with Gasteiger partial charge in [-0.25, -0.2) is 13.2 Å². The van der Waals surface area contributed by atoms with Gasteiger partial charge in [-0.2, -0.15) is 5.10 Å². The third-order valence-corrected chi connectivity index (χ3v) is 6.49. The van der Waals surface area contributed by atoms with Crippen LogP contribution >= 0.6 is 0 Å². The molecule has 0 radical (unpaired) electrons. The van der Waals surface area contributed by atoms with E-state index < -0.39 is 23.8 Å². The molecule has 2 aromatic heterocycles. The van der Waals surface area contributed by atoms with E-state index in [9.17, 15) is 13.2 Å². The number of ether oxygens (including phenoxy) is 1. The summed E-state index contributed by atoms with van der Waals surface area (Å²) in [6, 6.07) is 5.46. The van der Waals surface area contributed by atoms with Gasteiger partial charge in [-0.15, -0.1) is 5.10 Å². The zero-order valence-electron chi connectivity index (χ0n) is 17.9. The molecule has 0 spiro atoms. The molecule has 2 fully saturated rings. The number of hydrogen-bond donors (Lipinski definition) is 1. The fraction of sp³-hybridized carbons (Fsp3) is 0.435. The van der Waals surface area contributed by atoms with Crippen molar-refractivity contribution in [3.63, 3.8) is 0 Å². The average molecular weight is 443 g/mol. The van der Waals surface area contributed by atoms with E-state index in [1.54, 1.807) is 6.92 Å². The third kappa shape index (κ3) is 3.64. The van der Waals surface area contributed by atoms with Crippen LogP contribution in [0.5, 0.6) is 0 Å². The number of fused-ring (bicyclic) bond motifs is 2. The van der Waals surface area contributed by atoms with Gasteiger partial charge >= 0.3 is 0 Å². The van der Waals surface area contributed by atoms with E-state index in [0.29, 0.717) is 28.9 Å². The first-order valence-electron chi connectivity index (χ1n) is 10.7. The van der Waals surface area contributed by atoms with Crippen LogP contribution in [0.2, 0.25) is 0 Å². The Labute approximate surface area is 183 Å². The zero-order chi connectivity index (χ0) is 22.4. The van der Waals surface area contributed by atoms with Gasteiger partial charge in [-0.3, -0.25) is 4.98 Å². The smallest absolute Gasteiger partial charge is 0.266 e. The van der Waals surface area contributed by atoms with Crippen molar-refractivity contribution in [3.8, 4) is 0 Å². The summed E-state index contributed by atoms with van der Waals surface area (Å²) < 4.78 is 46.5. The molecule has 2 saturated heterocycles. The number of halogens is 3. The SMILES string of the molecule is Cc1nnc(NC(C)c2cccc(C(F)F)c2F)c2cc(N3C[C@H]4COC[C@H]4C3)cnc12. The van der Waals surface area contributed by atoms with E-state index >= 15 is 0 Å². The van der Waals surface area contributed by atoms with Gasteiger partial charge < -0.3 is 15.0 Å². The first-order chi connectivity index (χ1) is 15.4. The monoisotopic (exact) mass is 443 g/mol. The molecule has 0 aliphatic carbocycles. The minimum absolute atomic E-state index is 0.148. The summed E-state index contributed by atoms with van der Waals surface area (Å²) in [6.45, 7) is 6.96. The lowest BCUT2D eigenvalue weighted by Crippen LogP contribution is -2.22. The molecule has 2 aliphatic heterocycles. The van der Waals surface area contributed by atoms with Gasteiger partial charge in [0.15, 0.2) is 5.82 Å². The molecule has 32 heavy (non-hydrogen) atoms. The van der Waals surface area contributed by atoms with E-state index in [1.165, 1.54) is 12.1 Å².